The number of nitrogens with one attached hydrogen (secondary N) is 1. The van der Waals surface area contributed by atoms with Crippen molar-refractivity contribution in [3.05, 3.63) is 58.7 Å². The molecule has 3 fully saturated rings. The van der Waals surface area contributed by atoms with Crippen molar-refractivity contribution in [1.29, 1.82) is 5.26 Å². The van der Waals surface area contributed by atoms with E-state index >= 15 is 0 Å². The molecule has 6 rings (SSSR count). The van der Waals surface area contributed by atoms with Gasteiger partial charge in [-0.25, -0.2) is 0 Å². The average Bonchev–Trinajstić information content (AvgIpc) is 3.61. The number of piperidine rings is 2. The molecular weight excluding hydrogens is 460 g/mol. The van der Waals surface area contributed by atoms with Gasteiger partial charge in [-0.2, -0.15) is 5.26 Å². The number of anilines is 2. The first kappa shape index (κ1) is 22.7. The normalized spacial score (nSPS) is 20.6. The third-order valence-corrected chi connectivity index (χ3v) is 8.34. The van der Waals surface area contributed by atoms with Crippen molar-refractivity contribution in [2.75, 3.05) is 49.2 Å². The number of fused-ring (bicyclic) bond motifs is 1. The molecule has 0 saturated carbocycles. The Morgan fingerprint density at radius 3 is 2.26 bits per heavy atom. The third kappa shape index (κ3) is 4.38. The van der Waals surface area contributed by atoms with Crippen molar-refractivity contribution in [1.82, 2.24) is 4.98 Å². The number of halogens is 1. The van der Waals surface area contributed by atoms with Crippen molar-refractivity contribution in [2.24, 2.45) is 5.92 Å². The van der Waals surface area contributed by atoms with Crippen LogP contribution in [0.4, 0.5) is 11.4 Å². The maximum absolute atomic E-state index is 9.41. The summed E-state index contributed by atoms with van der Waals surface area (Å²) in [5.74, 6) is 1.10. The molecule has 0 radical (unpaired) electrons. The van der Waals surface area contributed by atoms with Gasteiger partial charge in [-0.3, -0.25) is 0 Å². The first-order valence-electron chi connectivity index (χ1n) is 12.7. The highest BCUT2D eigenvalue weighted by Crippen LogP contribution is 2.37. The van der Waals surface area contributed by atoms with Gasteiger partial charge in [-0.05, 0) is 61.4 Å². The number of ether oxygens (including phenoxy) is 2. The van der Waals surface area contributed by atoms with Crippen LogP contribution in [0.15, 0.2) is 42.6 Å². The molecule has 0 atom stereocenters. The van der Waals surface area contributed by atoms with Crippen LogP contribution in [0.3, 0.4) is 0 Å². The van der Waals surface area contributed by atoms with Crippen LogP contribution in [0.1, 0.15) is 42.7 Å². The molecule has 0 spiro atoms. The minimum absolute atomic E-state index is 0.0137. The lowest BCUT2D eigenvalue weighted by Crippen LogP contribution is -2.38. The van der Waals surface area contributed by atoms with E-state index in [1.807, 2.05) is 6.07 Å². The van der Waals surface area contributed by atoms with Gasteiger partial charge in [0.2, 0.25) is 0 Å². The quantitative estimate of drug-likeness (QED) is 0.510. The van der Waals surface area contributed by atoms with Crippen molar-refractivity contribution >= 4 is 33.9 Å². The second-order valence-electron chi connectivity index (χ2n) is 9.92. The molecule has 6 nitrogen and oxygen atoms in total. The molecule has 3 saturated heterocycles. The SMILES string of the molecule is N#Cc1c[nH]c2c(N3CCC(c4ccc(N5CCC(C6OCCO6)CC5)cc4)CC3)ccc(Cl)c12. The van der Waals surface area contributed by atoms with E-state index in [2.05, 4.69) is 51.2 Å². The fourth-order valence-corrected chi connectivity index (χ4v) is 6.29. The van der Waals surface area contributed by atoms with E-state index in [9.17, 15) is 5.26 Å². The number of aromatic amines is 1. The molecule has 2 aromatic carbocycles. The number of nitrogens with zero attached hydrogens (tertiary/aromatic N) is 3. The van der Waals surface area contributed by atoms with Crippen LogP contribution < -0.4 is 9.80 Å². The Bertz CT molecular complexity index is 1210. The lowest BCUT2D eigenvalue weighted by Gasteiger charge is -2.36. The van der Waals surface area contributed by atoms with Crippen molar-refractivity contribution < 1.29 is 9.47 Å². The molecule has 3 aromatic rings. The molecule has 0 unspecified atom stereocenters. The largest absolute Gasteiger partial charge is 0.372 e. The molecule has 182 valence electrons. The molecule has 35 heavy (non-hydrogen) atoms. The standard InChI is InChI=1S/C28H31ClN4O2/c29-24-5-6-25(27-26(24)22(17-30)18-31-27)33-13-7-20(8-14-33)19-1-3-23(4-2-19)32-11-9-21(10-12-32)28-34-15-16-35-28/h1-6,18,20-21,28,31H,7-16H2. The number of nitriles is 1. The molecule has 0 bridgehead atoms. The fourth-order valence-electron chi connectivity index (χ4n) is 6.03. The van der Waals surface area contributed by atoms with Crippen LogP contribution in [0.5, 0.6) is 0 Å². The Labute approximate surface area is 211 Å². The summed E-state index contributed by atoms with van der Waals surface area (Å²) in [6, 6.07) is 15.5. The Morgan fingerprint density at radius 2 is 1.57 bits per heavy atom. The van der Waals surface area contributed by atoms with Crippen LogP contribution in [0.2, 0.25) is 5.02 Å². The van der Waals surface area contributed by atoms with Gasteiger partial charge in [0, 0.05) is 49.4 Å². The number of H-pyrrole nitrogens is 1. The van der Waals surface area contributed by atoms with Crippen LogP contribution in [0.25, 0.3) is 10.9 Å². The highest BCUT2D eigenvalue weighted by atomic mass is 35.5. The molecule has 4 heterocycles. The molecule has 1 N–H and O–H groups in total. The van der Waals surface area contributed by atoms with Crippen LogP contribution >= 0.6 is 11.6 Å². The van der Waals surface area contributed by atoms with Gasteiger partial charge in [0.05, 0.1) is 35.0 Å². The number of hydrogen-bond donors (Lipinski definition) is 1. The van der Waals surface area contributed by atoms with E-state index < -0.39 is 0 Å². The second-order valence-corrected chi connectivity index (χ2v) is 10.3. The average molecular weight is 491 g/mol. The fraction of sp³-hybridized carbons (Fsp3) is 0.464. The molecule has 0 amide bonds. The number of benzene rings is 2. The summed E-state index contributed by atoms with van der Waals surface area (Å²) in [5, 5.41) is 10.9. The Hall–Kier alpha value is -2.72. The number of hydrogen-bond acceptors (Lipinski definition) is 5. The Kier molecular flexibility index (Phi) is 6.32. The van der Waals surface area contributed by atoms with Crippen LogP contribution in [-0.4, -0.2) is 50.7 Å². The second kappa shape index (κ2) is 9.73. The highest BCUT2D eigenvalue weighted by molar-refractivity contribution is 6.36. The molecule has 7 heteroatoms. The predicted octanol–water partition coefficient (Wildman–Crippen LogP) is 5.67. The summed E-state index contributed by atoms with van der Waals surface area (Å²) in [5.41, 5.74) is 5.46. The number of rotatable bonds is 4. The van der Waals surface area contributed by atoms with Crippen LogP contribution in [0, 0.1) is 17.2 Å². The van der Waals surface area contributed by atoms with Gasteiger partial charge in [0.25, 0.3) is 0 Å². The monoisotopic (exact) mass is 490 g/mol. The first-order valence-corrected chi connectivity index (χ1v) is 13.1. The minimum atomic E-state index is 0.0137. The Morgan fingerprint density at radius 1 is 0.886 bits per heavy atom. The lowest BCUT2D eigenvalue weighted by atomic mass is 9.89. The van der Waals surface area contributed by atoms with Gasteiger partial charge in [0.15, 0.2) is 6.29 Å². The predicted molar refractivity (Wildman–Crippen MR) is 139 cm³/mol. The van der Waals surface area contributed by atoms with E-state index in [1.165, 1.54) is 11.3 Å². The van der Waals surface area contributed by atoms with Crippen molar-refractivity contribution in [2.45, 2.75) is 37.9 Å². The zero-order valence-corrected chi connectivity index (χ0v) is 20.6. The van der Waals surface area contributed by atoms with E-state index in [0.717, 1.165) is 81.7 Å². The molecule has 3 aliphatic heterocycles. The smallest absolute Gasteiger partial charge is 0.160 e. The maximum Gasteiger partial charge on any atom is 0.160 e. The Balaban J connectivity index is 1.07. The third-order valence-electron chi connectivity index (χ3n) is 8.02. The zero-order chi connectivity index (χ0) is 23.8. The minimum Gasteiger partial charge on any atom is -0.372 e. The lowest BCUT2D eigenvalue weighted by molar-refractivity contribution is -0.0889. The highest BCUT2D eigenvalue weighted by Gasteiger charge is 2.30. The van der Waals surface area contributed by atoms with Crippen molar-refractivity contribution in [3.8, 4) is 6.07 Å². The molecular formula is C28H31ClN4O2. The van der Waals surface area contributed by atoms with E-state index in [-0.39, 0.29) is 6.29 Å². The van der Waals surface area contributed by atoms with Gasteiger partial charge in [-0.1, -0.05) is 23.7 Å². The van der Waals surface area contributed by atoms with Crippen LogP contribution in [-0.2, 0) is 9.47 Å². The maximum atomic E-state index is 9.41. The number of aromatic nitrogens is 1. The van der Waals surface area contributed by atoms with Crippen molar-refractivity contribution in [3.63, 3.8) is 0 Å². The summed E-state index contributed by atoms with van der Waals surface area (Å²) >= 11 is 6.40. The molecule has 0 aliphatic carbocycles. The summed E-state index contributed by atoms with van der Waals surface area (Å²) < 4.78 is 11.4. The van der Waals surface area contributed by atoms with Gasteiger partial charge < -0.3 is 24.3 Å². The summed E-state index contributed by atoms with van der Waals surface area (Å²) in [7, 11) is 0. The summed E-state index contributed by atoms with van der Waals surface area (Å²) in [6.45, 7) is 5.58. The van der Waals surface area contributed by atoms with E-state index in [4.69, 9.17) is 21.1 Å². The topological polar surface area (TPSA) is 64.5 Å². The summed E-state index contributed by atoms with van der Waals surface area (Å²) in [6.07, 6.45) is 6.25. The molecule has 3 aliphatic rings. The van der Waals surface area contributed by atoms with Gasteiger partial charge >= 0.3 is 0 Å². The van der Waals surface area contributed by atoms with E-state index in [1.54, 1.807) is 6.20 Å². The van der Waals surface area contributed by atoms with Gasteiger partial charge in [0.1, 0.15) is 6.07 Å². The first-order chi connectivity index (χ1) is 17.2. The summed E-state index contributed by atoms with van der Waals surface area (Å²) in [4.78, 5) is 8.19. The molecule has 1 aromatic heterocycles. The van der Waals surface area contributed by atoms with E-state index in [0.29, 0.717) is 22.4 Å². The zero-order valence-electron chi connectivity index (χ0n) is 19.9. The van der Waals surface area contributed by atoms with Gasteiger partial charge in [-0.15, -0.1) is 0 Å².